The van der Waals surface area contributed by atoms with Crippen LogP contribution in [-0.4, -0.2) is 35.3 Å². The Balaban J connectivity index is 1.87. The maximum absolute atomic E-state index is 12.6. The number of hydrogen-bond donors (Lipinski definition) is 1. The fraction of sp³-hybridized carbons (Fsp3) is 0.167. The van der Waals surface area contributed by atoms with Gasteiger partial charge in [-0.1, -0.05) is 6.07 Å². The van der Waals surface area contributed by atoms with Gasteiger partial charge in [-0.3, -0.25) is 4.79 Å². The summed E-state index contributed by atoms with van der Waals surface area (Å²) in [6.07, 6.45) is 4.29. The molecule has 0 saturated carbocycles. The van der Waals surface area contributed by atoms with Gasteiger partial charge in [0.1, 0.15) is 0 Å². The molecule has 0 spiro atoms. The van der Waals surface area contributed by atoms with E-state index < -0.39 is 9.84 Å². The largest absolute Gasteiger partial charge is 0.322 e. The van der Waals surface area contributed by atoms with Gasteiger partial charge in [-0.2, -0.15) is 5.10 Å². The van der Waals surface area contributed by atoms with E-state index >= 15 is 0 Å². The molecule has 0 atom stereocenters. The molecule has 0 fully saturated rings. The molecule has 3 rings (SSSR count). The van der Waals surface area contributed by atoms with Crippen molar-refractivity contribution in [2.45, 2.75) is 18.7 Å². The van der Waals surface area contributed by atoms with Crippen molar-refractivity contribution < 1.29 is 13.2 Å². The number of nitrogens with zero attached hydrogens (tertiary/aromatic N) is 3. The number of nitrogens with one attached hydrogen (secondary N) is 1. The minimum atomic E-state index is -3.29. The third-order valence-corrected chi connectivity index (χ3v) is 5.11. The molecule has 26 heavy (non-hydrogen) atoms. The predicted molar refractivity (Wildman–Crippen MR) is 98.3 cm³/mol. The first kappa shape index (κ1) is 17.8. The van der Waals surface area contributed by atoms with Gasteiger partial charge in [0.15, 0.2) is 15.7 Å². The number of aromatic nitrogens is 3. The molecule has 1 N–H and O–H groups in total. The minimum absolute atomic E-state index is 0.215. The monoisotopic (exact) mass is 370 g/mol. The van der Waals surface area contributed by atoms with Gasteiger partial charge < -0.3 is 5.32 Å². The van der Waals surface area contributed by atoms with Gasteiger partial charge in [-0.15, -0.1) is 0 Å². The second-order valence-electron chi connectivity index (χ2n) is 5.95. The summed E-state index contributed by atoms with van der Waals surface area (Å²) in [5.74, 6) is 0.303. The van der Waals surface area contributed by atoms with Crippen molar-refractivity contribution >= 4 is 21.4 Å². The van der Waals surface area contributed by atoms with Gasteiger partial charge in [0.05, 0.1) is 22.3 Å². The lowest BCUT2D eigenvalue weighted by atomic mass is 10.2. The Kier molecular flexibility index (Phi) is 4.60. The molecular weight excluding hydrogens is 352 g/mol. The topological polar surface area (TPSA) is 94.0 Å². The zero-order valence-corrected chi connectivity index (χ0v) is 15.4. The van der Waals surface area contributed by atoms with Gasteiger partial charge in [-0.25, -0.2) is 18.1 Å². The summed E-state index contributed by atoms with van der Waals surface area (Å²) in [4.78, 5) is 17.1. The normalized spacial score (nSPS) is 11.3. The van der Waals surface area contributed by atoms with Crippen LogP contribution in [0.3, 0.4) is 0 Å². The first-order valence-electron chi connectivity index (χ1n) is 7.85. The highest BCUT2D eigenvalue weighted by Crippen LogP contribution is 2.21. The highest BCUT2D eigenvalue weighted by Gasteiger charge is 2.17. The molecular formula is C18H18N4O3S. The molecule has 0 aliphatic rings. The molecule has 8 heteroatoms. The lowest BCUT2D eigenvalue weighted by Gasteiger charge is -2.10. The third kappa shape index (κ3) is 3.50. The van der Waals surface area contributed by atoms with E-state index in [9.17, 15) is 13.2 Å². The van der Waals surface area contributed by atoms with Crippen LogP contribution in [0.25, 0.3) is 5.82 Å². The number of carbonyl (C=O) groups excluding carboxylic acids is 1. The Morgan fingerprint density at radius 1 is 1.15 bits per heavy atom. The molecule has 0 radical (unpaired) electrons. The van der Waals surface area contributed by atoms with E-state index in [1.54, 1.807) is 42.9 Å². The quantitative estimate of drug-likeness (QED) is 0.762. The molecule has 0 saturated heterocycles. The summed E-state index contributed by atoms with van der Waals surface area (Å²) in [5.41, 5.74) is 2.29. The molecule has 1 amide bonds. The zero-order valence-electron chi connectivity index (χ0n) is 14.6. The first-order valence-corrected chi connectivity index (χ1v) is 9.74. The number of pyridine rings is 1. The van der Waals surface area contributed by atoms with Crippen molar-refractivity contribution in [1.29, 1.82) is 0 Å². The van der Waals surface area contributed by atoms with Crippen LogP contribution in [0.1, 0.15) is 21.6 Å². The Hall–Kier alpha value is -3.00. The van der Waals surface area contributed by atoms with Crippen molar-refractivity contribution in [1.82, 2.24) is 14.8 Å². The van der Waals surface area contributed by atoms with Crippen LogP contribution in [-0.2, 0) is 9.84 Å². The second-order valence-corrected chi connectivity index (χ2v) is 7.96. The fourth-order valence-corrected chi connectivity index (χ4v) is 3.25. The average molecular weight is 370 g/mol. The molecule has 0 bridgehead atoms. The summed E-state index contributed by atoms with van der Waals surface area (Å²) < 4.78 is 24.8. The molecule has 2 aromatic heterocycles. The minimum Gasteiger partial charge on any atom is -0.322 e. The molecule has 0 aliphatic carbocycles. The van der Waals surface area contributed by atoms with E-state index in [1.807, 2.05) is 6.07 Å². The Morgan fingerprint density at radius 2 is 1.92 bits per heavy atom. The van der Waals surface area contributed by atoms with Crippen molar-refractivity contribution in [2.24, 2.45) is 0 Å². The number of anilines is 1. The van der Waals surface area contributed by atoms with Crippen molar-refractivity contribution in [3.8, 4) is 5.82 Å². The van der Waals surface area contributed by atoms with Gasteiger partial charge in [0.2, 0.25) is 0 Å². The molecule has 134 valence electrons. The van der Waals surface area contributed by atoms with Crippen molar-refractivity contribution in [3.63, 3.8) is 0 Å². The summed E-state index contributed by atoms with van der Waals surface area (Å²) >= 11 is 0. The third-order valence-electron chi connectivity index (χ3n) is 3.99. The highest BCUT2D eigenvalue weighted by atomic mass is 32.2. The summed E-state index contributed by atoms with van der Waals surface area (Å²) in [6, 6.07) is 10.0. The second kappa shape index (κ2) is 6.72. The number of amides is 1. The Labute approximate surface area is 151 Å². The van der Waals surface area contributed by atoms with Crippen LogP contribution in [0.2, 0.25) is 0 Å². The van der Waals surface area contributed by atoms with Gasteiger partial charge in [-0.05, 0) is 49.7 Å². The van der Waals surface area contributed by atoms with E-state index in [0.29, 0.717) is 28.3 Å². The number of carbonyl (C=O) groups is 1. The molecule has 0 unspecified atom stereocenters. The van der Waals surface area contributed by atoms with Crippen LogP contribution < -0.4 is 5.32 Å². The smallest absolute Gasteiger partial charge is 0.259 e. The van der Waals surface area contributed by atoms with Gasteiger partial charge in [0.25, 0.3) is 5.91 Å². The lowest BCUT2D eigenvalue weighted by Crippen LogP contribution is -2.14. The molecule has 2 heterocycles. The number of sulfone groups is 1. The maximum atomic E-state index is 12.6. The molecule has 1 aromatic carbocycles. The predicted octanol–water partition coefficient (Wildman–Crippen LogP) is 2.54. The lowest BCUT2D eigenvalue weighted by molar-refractivity contribution is 0.102. The van der Waals surface area contributed by atoms with Crippen LogP contribution >= 0.6 is 0 Å². The standard InChI is InChI=1S/C18H18N4O3S/c1-12-10-14(26(3,24)25)7-8-16(12)21-18(23)15-11-20-22(13(15)2)17-6-4-5-9-19-17/h4-11H,1-3H3,(H,21,23). The molecule has 3 aromatic rings. The van der Waals surface area contributed by atoms with Crippen LogP contribution in [0.4, 0.5) is 5.69 Å². The Bertz CT molecular complexity index is 1070. The summed E-state index contributed by atoms with van der Waals surface area (Å²) in [6.45, 7) is 3.53. The maximum Gasteiger partial charge on any atom is 0.259 e. The van der Waals surface area contributed by atoms with E-state index in [1.165, 1.54) is 18.3 Å². The van der Waals surface area contributed by atoms with Gasteiger partial charge in [0, 0.05) is 18.1 Å². The molecule has 7 nitrogen and oxygen atoms in total. The number of hydrogen-bond acceptors (Lipinski definition) is 5. The van der Waals surface area contributed by atoms with Crippen LogP contribution in [0.15, 0.2) is 53.7 Å². The Morgan fingerprint density at radius 3 is 2.54 bits per heavy atom. The average Bonchev–Trinajstić information content (AvgIpc) is 2.98. The van der Waals surface area contributed by atoms with E-state index in [2.05, 4.69) is 15.4 Å². The van der Waals surface area contributed by atoms with Crippen LogP contribution in [0.5, 0.6) is 0 Å². The SMILES string of the molecule is Cc1cc(S(C)(=O)=O)ccc1NC(=O)c1cnn(-c2ccccn2)c1C. The summed E-state index contributed by atoms with van der Waals surface area (Å²) in [7, 11) is -3.29. The highest BCUT2D eigenvalue weighted by molar-refractivity contribution is 7.90. The van der Waals surface area contributed by atoms with Gasteiger partial charge >= 0.3 is 0 Å². The zero-order chi connectivity index (χ0) is 18.9. The summed E-state index contributed by atoms with van der Waals surface area (Å²) in [5, 5.41) is 7.03. The number of benzene rings is 1. The number of rotatable bonds is 4. The van der Waals surface area contributed by atoms with Crippen molar-refractivity contribution in [2.75, 3.05) is 11.6 Å². The number of aryl methyl sites for hydroxylation is 1. The molecule has 0 aliphatic heterocycles. The van der Waals surface area contributed by atoms with Crippen molar-refractivity contribution in [3.05, 3.63) is 65.6 Å². The fourth-order valence-electron chi connectivity index (χ4n) is 2.54. The first-order chi connectivity index (χ1) is 12.3. The van der Waals surface area contributed by atoms with Crippen LogP contribution in [0, 0.1) is 13.8 Å². The van der Waals surface area contributed by atoms with E-state index in [0.717, 1.165) is 6.26 Å². The van der Waals surface area contributed by atoms with E-state index in [4.69, 9.17) is 0 Å². The van der Waals surface area contributed by atoms with E-state index in [-0.39, 0.29) is 10.8 Å².